The van der Waals surface area contributed by atoms with Gasteiger partial charge in [-0.25, -0.2) is 4.79 Å². The zero-order valence-corrected chi connectivity index (χ0v) is 10.5. The van der Waals surface area contributed by atoms with Crippen LogP contribution in [0.2, 0.25) is 0 Å². The van der Waals surface area contributed by atoms with Crippen molar-refractivity contribution in [2.24, 2.45) is 0 Å². The van der Waals surface area contributed by atoms with E-state index in [1.807, 2.05) is 25.1 Å². The molecule has 0 atom stereocenters. The number of aryl methyl sites for hydroxylation is 1. The summed E-state index contributed by atoms with van der Waals surface area (Å²) in [6, 6.07) is 5.83. The molecule has 1 aromatic carbocycles. The topological polar surface area (TPSA) is 44.8 Å². The minimum atomic E-state index is -0.348. The summed E-state index contributed by atoms with van der Waals surface area (Å²) >= 11 is 0. The van der Waals surface area contributed by atoms with Gasteiger partial charge in [0.1, 0.15) is 12.4 Å². The molecule has 17 heavy (non-hydrogen) atoms. The molecule has 0 unspecified atom stereocenters. The van der Waals surface area contributed by atoms with E-state index < -0.39 is 0 Å². The molecular formula is C13H18O4. The third-order valence-corrected chi connectivity index (χ3v) is 2.22. The molecule has 4 heteroatoms. The molecule has 0 saturated heterocycles. The summed E-state index contributed by atoms with van der Waals surface area (Å²) in [5, 5.41) is 0. The quantitative estimate of drug-likeness (QED) is 0.712. The van der Waals surface area contributed by atoms with Crippen molar-refractivity contribution < 1.29 is 19.0 Å². The van der Waals surface area contributed by atoms with Gasteiger partial charge >= 0.3 is 5.97 Å². The summed E-state index contributed by atoms with van der Waals surface area (Å²) < 4.78 is 15.3. The number of rotatable bonds is 6. The van der Waals surface area contributed by atoms with E-state index in [1.54, 1.807) is 14.0 Å². The summed E-state index contributed by atoms with van der Waals surface area (Å²) in [4.78, 5) is 11.1. The Morgan fingerprint density at radius 3 is 2.76 bits per heavy atom. The van der Waals surface area contributed by atoms with E-state index >= 15 is 0 Å². The molecule has 4 nitrogen and oxygen atoms in total. The standard InChI is InChI=1S/C13H18O4/c1-4-17-13(14)9-16-8-11-7-10(2)5-6-12(11)15-3/h5-7H,4,8-9H2,1-3H3. The van der Waals surface area contributed by atoms with Crippen molar-refractivity contribution in [1.82, 2.24) is 0 Å². The van der Waals surface area contributed by atoms with Gasteiger partial charge < -0.3 is 14.2 Å². The average Bonchev–Trinajstić information content (AvgIpc) is 2.30. The highest BCUT2D eigenvalue weighted by molar-refractivity contribution is 5.70. The lowest BCUT2D eigenvalue weighted by Gasteiger charge is -2.09. The maximum Gasteiger partial charge on any atom is 0.332 e. The first-order valence-corrected chi connectivity index (χ1v) is 5.54. The monoisotopic (exact) mass is 238 g/mol. The lowest BCUT2D eigenvalue weighted by molar-refractivity contribution is -0.148. The third-order valence-electron chi connectivity index (χ3n) is 2.22. The Morgan fingerprint density at radius 1 is 1.35 bits per heavy atom. The molecule has 0 heterocycles. The Balaban J connectivity index is 2.50. The molecule has 0 bridgehead atoms. The van der Waals surface area contributed by atoms with Crippen molar-refractivity contribution in [3.05, 3.63) is 29.3 Å². The molecule has 0 amide bonds. The van der Waals surface area contributed by atoms with Crippen molar-refractivity contribution >= 4 is 5.97 Å². The summed E-state index contributed by atoms with van der Waals surface area (Å²) in [7, 11) is 1.61. The van der Waals surface area contributed by atoms with Gasteiger partial charge in [0.2, 0.25) is 0 Å². The minimum Gasteiger partial charge on any atom is -0.496 e. The highest BCUT2D eigenvalue weighted by atomic mass is 16.6. The fourth-order valence-electron chi connectivity index (χ4n) is 1.47. The zero-order chi connectivity index (χ0) is 12.7. The fraction of sp³-hybridized carbons (Fsp3) is 0.462. The Hall–Kier alpha value is -1.55. The zero-order valence-electron chi connectivity index (χ0n) is 10.5. The van der Waals surface area contributed by atoms with Crippen LogP contribution in [-0.2, 0) is 20.9 Å². The van der Waals surface area contributed by atoms with Gasteiger partial charge in [0.05, 0.1) is 20.3 Å². The highest BCUT2D eigenvalue weighted by Gasteiger charge is 2.06. The van der Waals surface area contributed by atoms with Gasteiger partial charge in [0, 0.05) is 5.56 Å². The first-order valence-electron chi connectivity index (χ1n) is 5.54. The number of ether oxygens (including phenoxy) is 3. The second-order valence-corrected chi connectivity index (χ2v) is 3.61. The van der Waals surface area contributed by atoms with E-state index in [1.165, 1.54) is 0 Å². The van der Waals surface area contributed by atoms with Gasteiger partial charge in [-0.15, -0.1) is 0 Å². The smallest absolute Gasteiger partial charge is 0.332 e. The van der Waals surface area contributed by atoms with E-state index in [2.05, 4.69) is 0 Å². The van der Waals surface area contributed by atoms with Crippen LogP contribution in [0.4, 0.5) is 0 Å². The first kappa shape index (κ1) is 13.5. The molecule has 1 rings (SSSR count). The van der Waals surface area contributed by atoms with Crippen LogP contribution in [0.25, 0.3) is 0 Å². The molecule has 0 aliphatic rings. The predicted octanol–water partition coefficient (Wildman–Crippen LogP) is 2.08. The molecule has 1 aromatic rings. The third kappa shape index (κ3) is 4.44. The fourth-order valence-corrected chi connectivity index (χ4v) is 1.47. The minimum absolute atomic E-state index is 0.0368. The normalized spacial score (nSPS) is 10.1. The van der Waals surface area contributed by atoms with Crippen LogP contribution in [0.1, 0.15) is 18.1 Å². The van der Waals surface area contributed by atoms with Crippen molar-refractivity contribution in [3.8, 4) is 5.75 Å². The maximum absolute atomic E-state index is 11.1. The molecule has 0 aromatic heterocycles. The van der Waals surface area contributed by atoms with Crippen molar-refractivity contribution in [1.29, 1.82) is 0 Å². The largest absolute Gasteiger partial charge is 0.496 e. The summed E-state index contributed by atoms with van der Waals surface area (Å²) in [5.41, 5.74) is 2.05. The lowest BCUT2D eigenvalue weighted by Crippen LogP contribution is -2.12. The predicted molar refractivity (Wildman–Crippen MR) is 64.0 cm³/mol. The number of benzene rings is 1. The first-order chi connectivity index (χ1) is 8.17. The van der Waals surface area contributed by atoms with Gasteiger partial charge in [-0.3, -0.25) is 0 Å². The molecule has 94 valence electrons. The van der Waals surface area contributed by atoms with E-state index in [-0.39, 0.29) is 12.6 Å². The highest BCUT2D eigenvalue weighted by Crippen LogP contribution is 2.20. The Kier molecular flexibility index (Phi) is 5.49. The second kappa shape index (κ2) is 6.91. The van der Waals surface area contributed by atoms with Crippen LogP contribution < -0.4 is 4.74 Å². The SMILES string of the molecule is CCOC(=O)COCc1cc(C)ccc1OC. The van der Waals surface area contributed by atoms with Crippen molar-refractivity contribution in [2.45, 2.75) is 20.5 Å². The molecule has 0 radical (unpaired) electrons. The molecule has 0 fully saturated rings. The summed E-state index contributed by atoms with van der Waals surface area (Å²) in [6.07, 6.45) is 0. The van der Waals surface area contributed by atoms with Crippen molar-refractivity contribution in [3.63, 3.8) is 0 Å². The van der Waals surface area contributed by atoms with E-state index in [0.717, 1.165) is 16.9 Å². The molecule has 0 N–H and O–H groups in total. The van der Waals surface area contributed by atoms with Crippen LogP contribution in [0.15, 0.2) is 18.2 Å². The number of hydrogen-bond donors (Lipinski definition) is 0. The molecular weight excluding hydrogens is 220 g/mol. The summed E-state index contributed by atoms with van der Waals surface area (Å²) in [5.74, 6) is 0.415. The number of carbonyl (C=O) groups is 1. The number of carbonyl (C=O) groups excluding carboxylic acids is 1. The number of esters is 1. The van der Waals surface area contributed by atoms with Gasteiger partial charge in [0.25, 0.3) is 0 Å². The Morgan fingerprint density at radius 2 is 2.12 bits per heavy atom. The Labute approximate surface area is 101 Å². The van der Waals surface area contributed by atoms with Crippen LogP contribution >= 0.6 is 0 Å². The van der Waals surface area contributed by atoms with Crippen LogP contribution in [0, 0.1) is 6.92 Å². The second-order valence-electron chi connectivity index (χ2n) is 3.61. The van der Waals surface area contributed by atoms with Crippen LogP contribution in [-0.4, -0.2) is 26.3 Å². The van der Waals surface area contributed by atoms with Gasteiger partial charge in [0.15, 0.2) is 0 Å². The van der Waals surface area contributed by atoms with E-state index in [0.29, 0.717) is 13.2 Å². The number of hydrogen-bond acceptors (Lipinski definition) is 4. The lowest BCUT2D eigenvalue weighted by atomic mass is 10.1. The van der Waals surface area contributed by atoms with Crippen molar-refractivity contribution in [2.75, 3.05) is 20.3 Å². The van der Waals surface area contributed by atoms with Crippen LogP contribution in [0.5, 0.6) is 5.75 Å². The van der Waals surface area contributed by atoms with E-state index in [4.69, 9.17) is 14.2 Å². The molecule has 0 saturated carbocycles. The maximum atomic E-state index is 11.1. The van der Waals surface area contributed by atoms with Gasteiger partial charge in [-0.05, 0) is 19.9 Å². The molecule has 0 spiro atoms. The van der Waals surface area contributed by atoms with E-state index in [9.17, 15) is 4.79 Å². The van der Waals surface area contributed by atoms with Gasteiger partial charge in [-0.1, -0.05) is 17.7 Å². The summed E-state index contributed by atoms with van der Waals surface area (Å²) in [6.45, 7) is 4.43. The van der Waals surface area contributed by atoms with Crippen LogP contribution in [0.3, 0.4) is 0 Å². The molecule has 0 aliphatic heterocycles. The molecule has 0 aliphatic carbocycles. The average molecular weight is 238 g/mol. The Bertz CT molecular complexity index is 374. The number of methoxy groups -OCH3 is 1. The van der Waals surface area contributed by atoms with Gasteiger partial charge in [-0.2, -0.15) is 0 Å².